The van der Waals surface area contributed by atoms with Gasteiger partial charge in [-0.05, 0) is 24.7 Å². The van der Waals surface area contributed by atoms with Gasteiger partial charge in [0.15, 0.2) is 6.29 Å². The Kier molecular flexibility index (Phi) is 8.54. The summed E-state index contributed by atoms with van der Waals surface area (Å²) in [5.41, 5.74) is 0. The lowest BCUT2D eigenvalue weighted by atomic mass is 9.82. The van der Waals surface area contributed by atoms with Gasteiger partial charge >= 0.3 is 8.25 Å². The fraction of sp³-hybridized carbons (Fsp3) is 1.00. The predicted molar refractivity (Wildman–Crippen MR) is 94.9 cm³/mol. The second kappa shape index (κ2) is 10.0. The van der Waals surface area contributed by atoms with Gasteiger partial charge in [-0.3, -0.25) is 0 Å². The maximum atomic E-state index is 11.4. The van der Waals surface area contributed by atoms with Gasteiger partial charge in [-0.1, -0.05) is 27.7 Å². The largest absolute Gasteiger partial charge is 0.728 e. The first-order valence-corrected chi connectivity index (χ1v) is 10.5. The number of rotatable bonds is 7. The summed E-state index contributed by atoms with van der Waals surface area (Å²) in [5.74, 6) is -0.0169. The molecule has 9 nitrogen and oxygen atoms in total. The fourth-order valence-electron chi connectivity index (χ4n) is 3.76. The van der Waals surface area contributed by atoms with E-state index in [1.165, 1.54) is 0 Å². The Bertz CT molecular complexity index is 491. The van der Waals surface area contributed by atoms with Crippen molar-refractivity contribution in [3.8, 4) is 0 Å². The molecular formula is C17H32O9P+. The maximum absolute atomic E-state index is 11.4. The van der Waals surface area contributed by atoms with Gasteiger partial charge in [-0.15, -0.1) is 4.52 Å². The molecule has 0 bridgehead atoms. The van der Waals surface area contributed by atoms with Gasteiger partial charge in [0.1, 0.15) is 18.3 Å². The van der Waals surface area contributed by atoms with E-state index in [-0.39, 0.29) is 43.0 Å². The summed E-state index contributed by atoms with van der Waals surface area (Å²) in [6, 6.07) is 0. The van der Waals surface area contributed by atoms with Gasteiger partial charge in [0.25, 0.3) is 0 Å². The molecule has 10 heteroatoms. The van der Waals surface area contributed by atoms with E-state index in [4.69, 9.17) is 24.0 Å². The van der Waals surface area contributed by atoms with Crippen molar-refractivity contribution in [3.63, 3.8) is 0 Å². The third kappa shape index (κ3) is 5.23. The van der Waals surface area contributed by atoms with Crippen LogP contribution in [-0.4, -0.2) is 65.5 Å². The zero-order chi connectivity index (χ0) is 20.3. The molecule has 0 aromatic heterocycles. The molecule has 27 heavy (non-hydrogen) atoms. The van der Waals surface area contributed by atoms with Crippen molar-refractivity contribution < 1.29 is 43.4 Å². The van der Waals surface area contributed by atoms with E-state index in [9.17, 15) is 14.8 Å². The summed E-state index contributed by atoms with van der Waals surface area (Å²) in [7, 11) is -2.71. The third-order valence-electron chi connectivity index (χ3n) is 6.21. The molecule has 2 heterocycles. The number of aliphatic hydroxyl groups is 2. The van der Waals surface area contributed by atoms with Crippen LogP contribution in [0.4, 0.5) is 0 Å². The standard InChI is InChI=1S/C17H31O9P/c1-8-9(2)15(19)14(23-12(8)5)7-22-17-11(4)10(3)16(13(6-18)24-17)25-27(21)26-20/h8-19H,6-7H2,1-5H3/p+1/t8-,9-,10-,11-,12?,13-,14-,15+,16+,17-/m1/s1. The Labute approximate surface area is 160 Å². The fourth-order valence-corrected chi connectivity index (χ4v) is 4.33. The van der Waals surface area contributed by atoms with Crippen LogP contribution in [0.25, 0.3) is 0 Å². The van der Waals surface area contributed by atoms with Crippen LogP contribution in [0.15, 0.2) is 0 Å². The second-order valence-corrected chi connectivity index (χ2v) is 8.56. The quantitative estimate of drug-likeness (QED) is 0.327. The highest BCUT2D eigenvalue weighted by Gasteiger charge is 2.48. The number of hydrogen-bond acceptors (Lipinski definition) is 9. The average Bonchev–Trinajstić information content (AvgIpc) is 2.66. The highest BCUT2D eigenvalue weighted by atomic mass is 31.1. The summed E-state index contributed by atoms with van der Waals surface area (Å²) in [6.07, 6.45) is -3.24. The Hall–Kier alpha value is -0.220. The minimum absolute atomic E-state index is 0.0124. The van der Waals surface area contributed by atoms with Crippen molar-refractivity contribution in [1.82, 2.24) is 0 Å². The van der Waals surface area contributed by atoms with Crippen LogP contribution in [-0.2, 0) is 28.0 Å². The Morgan fingerprint density at radius 1 is 0.963 bits per heavy atom. The molecule has 158 valence electrons. The molecule has 2 aliphatic heterocycles. The first-order chi connectivity index (χ1) is 12.7. The Balaban J connectivity index is 1.98. The molecule has 0 aromatic rings. The summed E-state index contributed by atoms with van der Waals surface area (Å²) < 4.78 is 37.8. The lowest BCUT2D eigenvalue weighted by molar-refractivity contribution is -0.282. The molecule has 2 fully saturated rings. The molecule has 3 N–H and O–H groups in total. The van der Waals surface area contributed by atoms with Crippen LogP contribution < -0.4 is 0 Å². The van der Waals surface area contributed by atoms with E-state index in [0.717, 1.165) is 0 Å². The van der Waals surface area contributed by atoms with E-state index < -0.39 is 39.0 Å². The predicted octanol–water partition coefficient (Wildman–Crippen LogP) is 1.94. The molecule has 0 aliphatic carbocycles. The summed E-state index contributed by atoms with van der Waals surface area (Å²) in [4.78, 5) is 0. The van der Waals surface area contributed by atoms with Gasteiger partial charge in [0, 0.05) is 10.5 Å². The van der Waals surface area contributed by atoms with E-state index in [2.05, 4.69) is 11.6 Å². The Morgan fingerprint density at radius 2 is 1.63 bits per heavy atom. The van der Waals surface area contributed by atoms with Crippen molar-refractivity contribution in [2.75, 3.05) is 13.2 Å². The zero-order valence-electron chi connectivity index (χ0n) is 16.4. The van der Waals surface area contributed by atoms with E-state index in [0.29, 0.717) is 0 Å². The number of ether oxygens (including phenoxy) is 3. The van der Waals surface area contributed by atoms with Crippen molar-refractivity contribution in [2.45, 2.75) is 71.4 Å². The number of hydrogen-bond donors (Lipinski definition) is 3. The van der Waals surface area contributed by atoms with Crippen LogP contribution in [0, 0.1) is 23.7 Å². The van der Waals surface area contributed by atoms with Crippen LogP contribution in [0.5, 0.6) is 0 Å². The summed E-state index contributed by atoms with van der Waals surface area (Å²) in [6.45, 7) is 9.56. The normalized spacial score (nSPS) is 46.3. The summed E-state index contributed by atoms with van der Waals surface area (Å²) >= 11 is 0. The van der Waals surface area contributed by atoms with Gasteiger partial charge in [0.05, 0.1) is 30.1 Å². The van der Waals surface area contributed by atoms with Gasteiger partial charge < -0.3 is 24.4 Å². The highest BCUT2D eigenvalue weighted by molar-refractivity contribution is 7.33. The van der Waals surface area contributed by atoms with Gasteiger partial charge in [-0.25, -0.2) is 5.26 Å². The SMILES string of the molecule is CC1O[C@H](CO[C@@H]2O[C@H](CO)[C@@H](O[P+](=O)OO)[C@H](C)[C@H]2C)[C@@H](O)[C@H](C)[C@H]1C. The molecule has 0 spiro atoms. The monoisotopic (exact) mass is 411 g/mol. The molecule has 0 radical (unpaired) electrons. The summed E-state index contributed by atoms with van der Waals surface area (Å²) in [5, 5.41) is 28.5. The van der Waals surface area contributed by atoms with Crippen molar-refractivity contribution in [3.05, 3.63) is 0 Å². The van der Waals surface area contributed by atoms with Crippen molar-refractivity contribution >= 4 is 8.25 Å². The van der Waals surface area contributed by atoms with Crippen molar-refractivity contribution in [1.29, 1.82) is 0 Å². The van der Waals surface area contributed by atoms with Crippen LogP contribution >= 0.6 is 8.25 Å². The van der Waals surface area contributed by atoms with E-state index in [1.54, 1.807) is 0 Å². The van der Waals surface area contributed by atoms with E-state index in [1.807, 2.05) is 27.7 Å². The molecule has 11 atom stereocenters. The van der Waals surface area contributed by atoms with Crippen LogP contribution in [0.1, 0.15) is 34.6 Å². The van der Waals surface area contributed by atoms with Gasteiger partial charge in [0.2, 0.25) is 0 Å². The minimum atomic E-state index is -2.71. The Morgan fingerprint density at radius 3 is 2.22 bits per heavy atom. The smallest absolute Gasteiger partial charge is 0.394 e. The lowest BCUT2D eigenvalue weighted by Gasteiger charge is -2.44. The maximum Gasteiger partial charge on any atom is 0.728 e. The van der Waals surface area contributed by atoms with Crippen LogP contribution in [0.3, 0.4) is 0 Å². The molecule has 2 unspecified atom stereocenters. The van der Waals surface area contributed by atoms with E-state index >= 15 is 0 Å². The molecule has 0 saturated carbocycles. The molecule has 0 aromatic carbocycles. The third-order valence-corrected chi connectivity index (χ3v) is 6.76. The first-order valence-electron chi connectivity index (χ1n) is 9.38. The lowest BCUT2D eigenvalue weighted by Crippen LogP contribution is -2.54. The highest BCUT2D eigenvalue weighted by Crippen LogP contribution is 2.39. The second-order valence-electron chi connectivity index (χ2n) is 7.74. The van der Waals surface area contributed by atoms with Gasteiger partial charge in [-0.2, -0.15) is 0 Å². The zero-order valence-corrected chi connectivity index (χ0v) is 17.3. The molecular weight excluding hydrogens is 379 g/mol. The minimum Gasteiger partial charge on any atom is -0.394 e. The molecule has 2 aliphatic rings. The molecule has 0 amide bonds. The molecule has 2 rings (SSSR count). The molecule has 2 saturated heterocycles. The number of aliphatic hydroxyl groups excluding tert-OH is 2. The van der Waals surface area contributed by atoms with Crippen molar-refractivity contribution in [2.24, 2.45) is 23.7 Å². The average molecular weight is 411 g/mol. The van der Waals surface area contributed by atoms with Crippen LogP contribution in [0.2, 0.25) is 0 Å². The first kappa shape index (κ1) is 23.1. The topological polar surface area (TPSA) is 124 Å².